The highest BCUT2D eigenvalue weighted by Gasteiger charge is 2.13. The van der Waals surface area contributed by atoms with Gasteiger partial charge in [-0.05, 0) is 18.6 Å². The standard InChI is InChI=1S/C11H13ClN2O3/c1-7(10(15)16)14-11(17)13-6-8-4-2-3-5-9(8)12/h2-5,7H,6H2,1H3,(H,15,16)(H2,13,14,17). The van der Waals surface area contributed by atoms with Gasteiger partial charge in [0.25, 0.3) is 0 Å². The molecule has 0 aliphatic rings. The molecule has 0 spiro atoms. The molecule has 1 atom stereocenters. The minimum absolute atomic E-state index is 0.248. The summed E-state index contributed by atoms with van der Waals surface area (Å²) in [5.41, 5.74) is 0.771. The lowest BCUT2D eigenvalue weighted by molar-refractivity contribution is -0.138. The number of carbonyl (C=O) groups is 2. The zero-order chi connectivity index (χ0) is 12.8. The third-order valence-electron chi connectivity index (χ3n) is 2.12. The molecule has 0 saturated carbocycles. The van der Waals surface area contributed by atoms with Crippen LogP contribution in [0.15, 0.2) is 24.3 Å². The zero-order valence-corrected chi connectivity index (χ0v) is 9.99. The second-order valence-corrected chi connectivity index (χ2v) is 3.89. The number of urea groups is 1. The Morgan fingerprint density at radius 2 is 2.06 bits per heavy atom. The van der Waals surface area contributed by atoms with E-state index >= 15 is 0 Å². The van der Waals surface area contributed by atoms with Crippen molar-refractivity contribution in [1.29, 1.82) is 0 Å². The SMILES string of the molecule is CC(NC(=O)NCc1ccccc1Cl)C(=O)O. The van der Waals surface area contributed by atoms with Gasteiger partial charge in [-0.2, -0.15) is 0 Å². The predicted octanol–water partition coefficient (Wildman–Crippen LogP) is 1.61. The number of carboxylic acid groups (broad SMARTS) is 1. The van der Waals surface area contributed by atoms with Gasteiger partial charge >= 0.3 is 12.0 Å². The summed E-state index contributed by atoms with van der Waals surface area (Å²) in [4.78, 5) is 21.8. The van der Waals surface area contributed by atoms with Gasteiger partial charge in [0.1, 0.15) is 6.04 Å². The highest BCUT2D eigenvalue weighted by atomic mass is 35.5. The van der Waals surface area contributed by atoms with E-state index in [1.165, 1.54) is 6.92 Å². The highest BCUT2D eigenvalue weighted by Crippen LogP contribution is 2.13. The fraction of sp³-hybridized carbons (Fsp3) is 0.273. The second-order valence-electron chi connectivity index (χ2n) is 3.48. The lowest BCUT2D eigenvalue weighted by Crippen LogP contribution is -2.44. The van der Waals surface area contributed by atoms with Gasteiger partial charge in [0.15, 0.2) is 0 Å². The molecule has 17 heavy (non-hydrogen) atoms. The second kappa shape index (κ2) is 6.10. The quantitative estimate of drug-likeness (QED) is 0.766. The molecule has 0 aromatic heterocycles. The van der Waals surface area contributed by atoms with E-state index in [1.54, 1.807) is 24.3 Å². The van der Waals surface area contributed by atoms with Crippen LogP contribution in [0.2, 0.25) is 5.02 Å². The van der Waals surface area contributed by atoms with Gasteiger partial charge in [-0.15, -0.1) is 0 Å². The lowest BCUT2D eigenvalue weighted by atomic mass is 10.2. The molecule has 0 radical (unpaired) electrons. The Hall–Kier alpha value is -1.75. The van der Waals surface area contributed by atoms with Crippen molar-refractivity contribution in [2.24, 2.45) is 0 Å². The molecule has 0 saturated heterocycles. The molecule has 1 aromatic rings. The van der Waals surface area contributed by atoms with Crippen LogP contribution in [-0.2, 0) is 11.3 Å². The first kappa shape index (κ1) is 13.3. The average molecular weight is 257 g/mol. The van der Waals surface area contributed by atoms with Crippen molar-refractivity contribution in [3.05, 3.63) is 34.9 Å². The highest BCUT2D eigenvalue weighted by molar-refractivity contribution is 6.31. The van der Waals surface area contributed by atoms with Crippen LogP contribution < -0.4 is 10.6 Å². The molecule has 1 rings (SSSR count). The molecular formula is C11H13ClN2O3. The molecule has 0 heterocycles. The topological polar surface area (TPSA) is 78.4 Å². The van der Waals surface area contributed by atoms with E-state index in [4.69, 9.17) is 16.7 Å². The van der Waals surface area contributed by atoms with E-state index in [1.807, 2.05) is 0 Å². The van der Waals surface area contributed by atoms with Crippen LogP contribution >= 0.6 is 11.6 Å². The number of nitrogens with one attached hydrogen (secondary N) is 2. The number of amides is 2. The van der Waals surface area contributed by atoms with Gasteiger partial charge in [0.05, 0.1) is 0 Å². The molecule has 0 bridgehead atoms. The van der Waals surface area contributed by atoms with Crippen LogP contribution in [0.4, 0.5) is 4.79 Å². The van der Waals surface area contributed by atoms with Crippen LogP contribution in [0.5, 0.6) is 0 Å². The van der Waals surface area contributed by atoms with E-state index in [0.29, 0.717) is 5.02 Å². The molecule has 0 aliphatic carbocycles. The van der Waals surface area contributed by atoms with Crippen LogP contribution in [0, 0.1) is 0 Å². The largest absolute Gasteiger partial charge is 0.480 e. The maximum atomic E-state index is 11.3. The minimum atomic E-state index is -1.09. The first-order valence-electron chi connectivity index (χ1n) is 5.01. The van der Waals surface area contributed by atoms with Crippen molar-refractivity contribution in [2.75, 3.05) is 0 Å². The fourth-order valence-electron chi connectivity index (χ4n) is 1.13. The fourth-order valence-corrected chi connectivity index (χ4v) is 1.33. The van der Waals surface area contributed by atoms with Crippen molar-refractivity contribution in [3.63, 3.8) is 0 Å². The number of hydrogen-bond donors (Lipinski definition) is 3. The summed E-state index contributed by atoms with van der Waals surface area (Å²) >= 11 is 5.90. The van der Waals surface area contributed by atoms with Gasteiger partial charge in [-0.1, -0.05) is 29.8 Å². The molecular weight excluding hydrogens is 244 g/mol. The summed E-state index contributed by atoms with van der Waals surface area (Å²) in [5, 5.41) is 14.0. The number of benzene rings is 1. The first-order chi connectivity index (χ1) is 8.00. The van der Waals surface area contributed by atoms with Gasteiger partial charge in [-0.3, -0.25) is 4.79 Å². The predicted molar refractivity (Wildman–Crippen MR) is 63.9 cm³/mol. The molecule has 5 nitrogen and oxygen atoms in total. The zero-order valence-electron chi connectivity index (χ0n) is 9.24. The third-order valence-corrected chi connectivity index (χ3v) is 2.48. The molecule has 6 heteroatoms. The van der Waals surface area contributed by atoms with E-state index in [0.717, 1.165) is 5.56 Å². The number of carboxylic acids is 1. The van der Waals surface area contributed by atoms with E-state index in [-0.39, 0.29) is 6.54 Å². The summed E-state index contributed by atoms with van der Waals surface area (Å²) in [5.74, 6) is -1.09. The first-order valence-corrected chi connectivity index (χ1v) is 5.39. The summed E-state index contributed by atoms with van der Waals surface area (Å²) in [6, 6.07) is 5.62. The van der Waals surface area contributed by atoms with Gasteiger partial charge in [0, 0.05) is 11.6 Å². The summed E-state index contributed by atoms with van der Waals surface area (Å²) in [6.45, 7) is 1.63. The smallest absolute Gasteiger partial charge is 0.325 e. The Morgan fingerprint density at radius 1 is 1.41 bits per heavy atom. The average Bonchev–Trinajstić information content (AvgIpc) is 2.27. The number of halogens is 1. The Morgan fingerprint density at radius 3 is 2.65 bits per heavy atom. The molecule has 0 fully saturated rings. The van der Waals surface area contributed by atoms with Crippen LogP contribution in [0.3, 0.4) is 0 Å². The van der Waals surface area contributed by atoms with Gasteiger partial charge in [0.2, 0.25) is 0 Å². The maximum Gasteiger partial charge on any atom is 0.325 e. The minimum Gasteiger partial charge on any atom is -0.480 e. The number of hydrogen-bond acceptors (Lipinski definition) is 2. The number of carbonyl (C=O) groups excluding carboxylic acids is 1. The summed E-state index contributed by atoms with van der Waals surface area (Å²) < 4.78 is 0. The maximum absolute atomic E-state index is 11.3. The van der Waals surface area contributed by atoms with Crippen molar-refractivity contribution >= 4 is 23.6 Å². The number of rotatable bonds is 4. The van der Waals surface area contributed by atoms with Crippen molar-refractivity contribution in [3.8, 4) is 0 Å². The van der Waals surface area contributed by atoms with Gasteiger partial charge < -0.3 is 15.7 Å². The van der Waals surface area contributed by atoms with Crippen molar-refractivity contribution in [1.82, 2.24) is 10.6 Å². The third kappa shape index (κ3) is 4.32. The Balaban J connectivity index is 2.44. The normalized spacial score (nSPS) is 11.6. The monoisotopic (exact) mass is 256 g/mol. The van der Waals surface area contributed by atoms with E-state index < -0.39 is 18.0 Å². The Bertz CT molecular complexity index is 423. The van der Waals surface area contributed by atoms with Crippen LogP contribution in [-0.4, -0.2) is 23.1 Å². The Kier molecular flexibility index (Phi) is 4.78. The van der Waals surface area contributed by atoms with Crippen LogP contribution in [0.1, 0.15) is 12.5 Å². The summed E-state index contributed by atoms with van der Waals surface area (Å²) in [7, 11) is 0. The van der Waals surface area contributed by atoms with Crippen molar-refractivity contribution < 1.29 is 14.7 Å². The van der Waals surface area contributed by atoms with Crippen molar-refractivity contribution in [2.45, 2.75) is 19.5 Å². The van der Waals surface area contributed by atoms with E-state index in [2.05, 4.69) is 10.6 Å². The molecule has 2 amide bonds. The molecule has 0 aliphatic heterocycles. The van der Waals surface area contributed by atoms with Gasteiger partial charge in [-0.25, -0.2) is 4.79 Å². The molecule has 3 N–H and O–H groups in total. The number of aliphatic carboxylic acids is 1. The van der Waals surface area contributed by atoms with Crippen LogP contribution in [0.25, 0.3) is 0 Å². The Labute approximate surface area is 104 Å². The molecule has 92 valence electrons. The molecule has 1 unspecified atom stereocenters. The lowest BCUT2D eigenvalue weighted by Gasteiger charge is -2.11. The summed E-state index contributed by atoms with van der Waals surface area (Å²) in [6.07, 6.45) is 0. The van der Waals surface area contributed by atoms with E-state index in [9.17, 15) is 9.59 Å². The molecule has 1 aromatic carbocycles.